The Kier molecular flexibility index (Phi) is 4.97. The molecule has 0 saturated carbocycles. The lowest BCUT2D eigenvalue weighted by molar-refractivity contribution is -0.131. The quantitative estimate of drug-likeness (QED) is 0.826. The van der Waals surface area contributed by atoms with Crippen LogP contribution < -0.4 is 14.9 Å². The van der Waals surface area contributed by atoms with Crippen molar-refractivity contribution in [2.24, 2.45) is 0 Å². The number of methoxy groups -OCH3 is 2. The molecular weight excluding hydrogens is 348 g/mol. The van der Waals surface area contributed by atoms with Gasteiger partial charge in [0.1, 0.15) is 11.9 Å². The Morgan fingerprint density at radius 2 is 2.12 bits per heavy atom. The molecule has 7 heteroatoms. The SMILES string of the molecule is COc1cccc([C@H]2C=C(c3cccs3)NN2C(=O)CCl)c1OC. The molecule has 0 fully saturated rings. The van der Waals surface area contributed by atoms with Crippen molar-refractivity contribution in [3.8, 4) is 11.5 Å². The number of rotatable bonds is 5. The highest BCUT2D eigenvalue weighted by Crippen LogP contribution is 2.41. The number of benzene rings is 1. The van der Waals surface area contributed by atoms with E-state index in [9.17, 15) is 4.79 Å². The van der Waals surface area contributed by atoms with Crippen molar-refractivity contribution in [3.05, 3.63) is 52.2 Å². The normalized spacial score (nSPS) is 16.5. The minimum absolute atomic E-state index is 0.110. The molecule has 1 amide bonds. The van der Waals surface area contributed by atoms with Crippen LogP contribution in [0.3, 0.4) is 0 Å². The molecule has 1 aliphatic heterocycles. The van der Waals surface area contributed by atoms with Crippen LogP contribution in [0.2, 0.25) is 0 Å². The zero-order chi connectivity index (χ0) is 17.1. The summed E-state index contributed by atoms with van der Waals surface area (Å²) in [7, 11) is 3.17. The zero-order valence-corrected chi connectivity index (χ0v) is 14.9. The first kappa shape index (κ1) is 16.7. The minimum Gasteiger partial charge on any atom is -0.493 e. The average molecular weight is 365 g/mol. The Balaban J connectivity index is 2.07. The van der Waals surface area contributed by atoms with Gasteiger partial charge in [-0.2, -0.15) is 0 Å². The molecule has 0 bridgehead atoms. The van der Waals surface area contributed by atoms with Crippen LogP contribution in [-0.4, -0.2) is 31.0 Å². The third-order valence-electron chi connectivity index (χ3n) is 3.77. The molecule has 2 aromatic rings. The van der Waals surface area contributed by atoms with Gasteiger partial charge < -0.3 is 9.47 Å². The van der Waals surface area contributed by atoms with Crippen molar-refractivity contribution in [3.63, 3.8) is 0 Å². The van der Waals surface area contributed by atoms with Crippen LogP contribution in [0.15, 0.2) is 41.8 Å². The minimum atomic E-state index is -0.335. The Bertz CT molecular complexity index is 761. The summed E-state index contributed by atoms with van der Waals surface area (Å²) in [5.74, 6) is 0.893. The highest BCUT2D eigenvalue weighted by Gasteiger charge is 2.33. The summed E-state index contributed by atoms with van der Waals surface area (Å²) in [6.45, 7) is 0. The summed E-state index contributed by atoms with van der Waals surface area (Å²) in [6, 6.07) is 9.24. The van der Waals surface area contributed by atoms with E-state index >= 15 is 0 Å². The monoisotopic (exact) mass is 364 g/mol. The van der Waals surface area contributed by atoms with Gasteiger partial charge in [-0.15, -0.1) is 22.9 Å². The lowest BCUT2D eigenvalue weighted by atomic mass is 10.0. The van der Waals surface area contributed by atoms with Gasteiger partial charge in [0, 0.05) is 5.56 Å². The van der Waals surface area contributed by atoms with E-state index in [-0.39, 0.29) is 17.8 Å². The number of carbonyl (C=O) groups excluding carboxylic acids is 1. The van der Waals surface area contributed by atoms with Gasteiger partial charge in [-0.25, -0.2) is 5.01 Å². The molecule has 3 rings (SSSR count). The maximum absolute atomic E-state index is 12.3. The number of nitrogens with zero attached hydrogens (tertiary/aromatic N) is 1. The number of halogens is 1. The van der Waals surface area contributed by atoms with E-state index in [4.69, 9.17) is 21.1 Å². The number of nitrogens with one attached hydrogen (secondary N) is 1. The number of amides is 1. The number of para-hydroxylation sites is 1. The average Bonchev–Trinajstić information content (AvgIpc) is 3.29. The van der Waals surface area contributed by atoms with Crippen molar-refractivity contribution < 1.29 is 14.3 Å². The Labute approximate surface area is 149 Å². The molecule has 0 unspecified atom stereocenters. The maximum Gasteiger partial charge on any atom is 0.256 e. The maximum atomic E-state index is 12.3. The molecule has 0 aliphatic carbocycles. The molecule has 2 heterocycles. The number of hydrogen-bond donors (Lipinski definition) is 1. The number of carbonyl (C=O) groups is 1. The van der Waals surface area contributed by atoms with Crippen molar-refractivity contribution in [2.45, 2.75) is 6.04 Å². The lowest BCUT2D eigenvalue weighted by Crippen LogP contribution is -2.40. The van der Waals surface area contributed by atoms with Gasteiger partial charge in [-0.3, -0.25) is 10.2 Å². The summed E-state index contributed by atoms with van der Waals surface area (Å²) in [5, 5.41) is 3.52. The van der Waals surface area contributed by atoms with Crippen LogP contribution in [0.4, 0.5) is 0 Å². The van der Waals surface area contributed by atoms with Gasteiger partial charge in [-0.05, 0) is 23.6 Å². The zero-order valence-electron chi connectivity index (χ0n) is 13.3. The third-order valence-corrected chi connectivity index (χ3v) is 4.90. The second-order valence-electron chi connectivity index (χ2n) is 5.09. The van der Waals surface area contributed by atoms with Crippen molar-refractivity contribution >= 4 is 34.5 Å². The molecule has 24 heavy (non-hydrogen) atoms. The van der Waals surface area contributed by atoms with Crippen LogP contribution in [0.25, 0.3) is 5.70 Å². The van der Waals surface area contributed by atoms with Crippen LogP contribution in [0, 0.1) is 0 Å². The molecule has 1 N–H and O–H groups in total. The first-order valence-corrected chi connectivity index (χ1v) is 8.72. The van der Waals surface area contributed by atoms with Crippen LogP contribution in [0.5, 0.6) is 11.5 Å². The topological polar surface area (TPSA) is 50.8 Å². The van der Waals surface area contributed by atoms with Gasteiger partial charge in [0.25, 0.3) is 5.91 Å². The molecule has 0 saturated heterocycles. The highest BCUT2D eigenvalue weighted by atomic mass is 35.5. The molecular formula is C17H17ClN2O3S. The smallest absolute Gasteiger partial charge is 0.256 e. The van der Waals surface area contributed by atoms with E-state index in [1.54, 1.807) is 25.6 Å². The molecule has 5 nitrogen and oxygen atoms in total. The van der Waals surface area contributed by atoms with Gasteiger partial charge in [0.15, 0.2) is 11.5 Å². The Morgan fingerprint density at radius 3 is 2.75 bits per heavy atom. The fraction of sp³-hybridized carbons (Fsp3) is 0.235. The second-order valence-corrected chi connectivity index (χ2v) is 6.31. The predicted molar refractivity (Wildman–Crippen MR) is 95.3 cm³/mol. The summed E-state index contributed by atoms with van der Waals surface area (Å²) in [5.41, 5.74) is 4.86. The largest absolute Gasteiger partial charge is 0.493 e. The highest BCUT2D eigenvalue weighted by molar-refractivity contribution is 7.11. The van der Waals surface area contributed by atoms with E-state index in [0.717, 1.165) is 16.1 Å². The molecule has 1 aromatic heterocycles. The third kappa shape index (κ3) is 2.95. The van der Waals surface area contributed by atoms with Crippen molar-refractivity contribution in [1.29, 1.82) is 0 Å². The summed E-state index contributed by atoms with van der Waals surface area (Å²) >= 11 is 7.38. The van der Waals surface area contributed by atoms with Crippen molar-refractivity contribution in [2.75, 3.05) is 20.1 Å². The van der Waals surface area contributed by atoms with E-state index in [0.29, 0.717) is 11.5 Å². The first-order chi connectivity index (χ1) is 11.7. The van der Waals surface area contributed by atoms with Crippen LogP contribution in [-0.2, 0) is 4.79 Å². The standard InChI is InChI=1S/C17H17ClN2O3S/c1-22-14-6-3-5-11(17(14)23-2)13-9-12(15-7-4-8-24-15)19-20(13)16(21)10-18/h3-9,13,19H,10H2,1-2H3/t13-/m1/s1. The van der Waals surface area contributed by atoms with Gasteiger partial charge in [0.05, 0.1) is 24.8 Å². The Hall–Kier alpha value is -2.18. The number of hydrazine groups is 1. The van der Waals surface area contributed by atoms with E-state index in [1.807, 2.05) is 41.8 Å². The molecule has 0 spiro atoms. The van der Waals surface area contributed by atoms with E-state index in [1.165, 1.54) is 5.01 Å². The fourth-order valence-electron chi connectivity index (χ4n) is 2.69. The number of thiophene rings is 1. The second kappa shape index (κ2) is 7.15. The fourth-order valence-corrected chi connectivity index (χ4v) is 3.52. The first-order valence-electron chi connectivity index (χ1n) is 7.30. The molecule has 126 valence electrons. The van der Waals surface area contributed by atoms with Gasteiger partial charge in [0.2, 0.25) is 0 Å². The van der Waals surface area contributed by atoms with E-state index < -0.39 is 0 Å². The molecule has 1 atom stereocenters. The van der Waals surface area contributed by atoms with Crippen LogP contribution in [0.1, 0.15) is 16.5 Å². The molecule has 1 aliphatic rings. The Morgan fingerprint density at radius 1 is 1.29 bits per heavy atom. The van der Waals surface area contributed by atoms with E-state index in [2.05, 4.69) is 5.43 Å². The summed E-state index contributed by atoms with van der Waals surface area (Å²) < 4.78 is 10.9. The molecule has 0 radical (unpaired) electrons. The predicted octanol–water partition coefficient (Wildman–Crippen LogP) is 3.43. The van der Waals surface area contributed by atoms with Gasteiger partial charge in [-0.1, -0.05) is 18.2 Å². The number of alkyl halides is 1. The van der Waals surface area contributed by atoms with Gasteiger partial charge >= 0.3 is 0 Å². The summed E-state index contributed by atoms with van der Waals surface area (Å²) in [4.78, 5) is 13.3. The lowest BCUT2D eigenvalue weighted by Gasteiger charge is -2.26. The van der Waals surface area contributed by atoms with Crippen LogP contribution >= 0.6 is 22.9 Å². The molecule has 1 aromatic carbocycles. The number of hydrogen-bond acceptors (Lipinski definition) is 5. The number of ether oxygens (including phenoxy) is 2. The van der Waals surface area contributed by atoms with Crippen molar-refractivity contribution in [1.82, 2.24) is 10.4 Å². The summed E-state index contributed by atoms with van der Waals surface area (Å²) in [6.07, 6.45) is 1.99.